The number of ether oxygens (including phenoxy) is 2. The van der Waals surface area contributed by atoms with Crippen molar-refractivity contribution < 1.29 is 9.47 Å². The lowest BCUT2D eigenvalue weighted by Crippen LogP contribution is -2.08. The minimum absolute atomic E-state index is 0.324. The predicted octanol–water partition coefficient (Wildman–Crippen LogP) is 4.07. The van der Waals surface area contributed by atoms with Crippen LogP contribution in [-0.2, 0) is 9.47 Å². The molecule has 2 heterocycles. The van der Waals surface area contributed by atoms with Gasteiger partial charge in [-0.2, -0.15) is 0 Å². The van der Waals surface area contributed by atoms with E-state index in [0.717, 1.165) is 26.2 Å². The Balaban J connectivity index is 1.93. The molecule has 0 saturated carbocycles. The number of aromatic nitrogens is 3. The van der Waals surface area contributed by atoms with Gasteiger partial charge in [0.15, 0.2) is 17.8 Å². The standard InChI is InChI=1S/C17H18IN3O2/c1-3-22-17(23-4-2)13-7-5-12(6-8-13)16-20-19-15-10-9-14(18)11-21(15)16/h5-11,17H,3-4H2,1-2H3. The highest BCUT2D eigenvalue weighted by atomic mass is 127. The van der Waals surface area contributed by atoms with Crippen molar-refractivity contribution in [1.29, 1.82) is 0 Å². The van der Waals surface area contributed by atoms with Gasteiger partial charge in [-0.05, 0) is 48.6 Å². The quantitative estimate of drug-likeness (QED) is 0.443. The first-order valence-electron chi connectivity index (χ1n) is 7.56. The summed E-state index contributed by atoms with van der Waals surface area (Å²) in [4.78, 5) is 0. The zero-order chi connectivity index (χ0) is 16.2. The fraction of sp³-hybridized carbons (Fsp3) is 0.294. The molecule has 0 aliphatic heterocycles. The summed E-state index contributed by atoms with van der Waals surface area (Å²) in [7, 11) is 0. The molecule has 2 aromatic heterocycles. The Morgan fingerprint density at radius 1 is 1.00 bits per heavy atom. The topological polar surface area (TPSA) is 48.7 Å². The van der Waals surface area contributed by atoms with Crippen LogP contribution in [0.4, 0.5) is 0 Å². The zero-order valence-corrected chi connectivity index (χ0v) is 15.2. The average Bonchev–Trinajstić information content (AvgIpc) is 2.98. The van der Waals surface area contributed by atoms with E-state index in [4.69, 9.17) is 9.47 Å². The summed E-state index contributed by atoms with van der Waals surface area (Å²) >= 11 is 2.28. The van der Waals surface area contributed by atoms with Gasteiger partial charge in [0, 0.05) is 34.1 Å². The van der Waals surface area contributed by atoms with E-state index in [9.17, 15) is 0 Å². The number of fused-ring (bicyclic) bond motifs is 1. The fourth-order valence-corrected chi connectivity index (χ4v) is 2.85. The van der Waals surface area contributed by atoms with Gasteiger partial charge in [-0.3, -0.25) is 4.40 Å². The van der Waals surface area contributed by atoms with Crippen LogP contribution in [0.5, 0.6) is 0 Å². The second kappa shape index (κ2) is 7.37. The van der Waals surface area contributed by atoms with E-state index in [0.29, 0.717) is 13.2 Å². The molecule has 3 rings (SSSR count). The van der Waals surface area contributed by atoms with Crippen molar-refractivity contribution in [3.05, 3.63) is 51.7 Å². The molecule has 0 atom stereocenters. The number of halogens is 1. The maximum absolute atomic E-state index is 5.63. The summed E-state index contributed by atoms with van der Waals surface area (Å²) in [5.41, 5.74) is 2.85. The van der Waals surface area contributed by atoms with E-state index in [1.165, 1.54) is 0 Å². The van der Waals surface area contributed by atoms with Gasteiger partial charge in [0.2, 0.25) is 0 Å². The average molecular weight is 423 g/mol. The third kappa shape index (κ3) is 3.54. The molecule has 0 radical (unpaired) electrons. The molecule has 0 unspecified atom stereocenters. The summed E-state index contributed by atoms with van der Waals surface area (Å²) in [5, 5.41) is 8.51. The van der Waals surface area contributed by atoms with Crippen molar-refractivity contribution in [1.82, 2.24) is 14.6 Å². The molecule has 0 fully saturated rings. The Bertz CT molecular complexity index is 780. The van der Waals surface area contributed by atoms with Crippen molar-refractivity contribution in [3.8, 4) is 11.4 Å². The van der Waals surface area contributed by atoms with Crippen molar-refractivity contribution in [2.75, 3.05) is 13.2 Å². The van der Waals surface area contributed by atoms with Gasteiger partial charge in [0.1, 0.15) is 0 Å². The van der Waals surface area contributed by atoms with E-state index >= 15 is 0 Å². The lowest BCUT2D eigenvalue weighted by molar-refractivity contribution is -0.140. The van der Waals surface area contributed by atoms with Crippen LogP contribution < -0.4 is 0 Å². The van der Waals surface area contributed by atoms with E-state index in [2.05, 4.69) is 32.8 Å². The Labute approximate surface area is 148 Å². The van der Waals surface area contributed by atoms with Gasteiger partial charge in [-0.15, -0.1) is 10.2 Å². The summed E-state index contributed by atoms with van der Waals surface area (Å²) in [6.07, 6.45) is 1.71. The van der Waals surface area contributed by atoms with Gasteiger partial charge in [-0.1, -0.05) is 24.3 Å². The molecule has 0 saturated heterocycles. The number of hydrogen-bond donors (Lipinski definition) is 0. The first kappa shape index (κ1) is 16.4. The second-order valence-electron chi connectivity index (χ2n) is 4.96. The lowest BCUT2D eigenvalue weighted by Gasteiger charge is -2.17. The highest BCUT2D eigenvalue weighted by Gasteiger charge is 2.13. The number of rotatable bonds is 6. The minimum atomic E-state index is -0.324. The van der Waals surface area contributed by atoms with Crippen LogP contribution in [0.15, 0.2) is 42.6 Å². The third-order valence-electron chi connectivity index (χ3n) is 3.44. The van der Waals surface area contributed by atoms with Crippen molar-refractivity contribution in [2.24, 2.45) is 0 Å². The Morgan fingerprint density at radius 3 is 2.35 bits per heavy atom. The summed E-state index contributed by atoms with van der Waals surface area (Å²) < 4.78 is 14.4. The van der Waals surface area contributed by atoms with E-state index in [-0.39, 0.29) is 6.29 Å². The van der Waals surface area contributed by atoms with Crippen LogP contribution in [0, 0.1) is 3.57 Å². The molecule has 0 bridgehead atoms. The van der Waals surface area contributed by atoms with Crippen LogP contribution in [0.25, 0.3) is 17.0 Å². The largest absolute Gasteiger partial charge is 0.349 e. The Hall–Kier alpha value is -1.51. The number of benzene rings is 1. The Kier molecular flexibility index (Phi) is 5.24. The normalized spacial score (nSPS) is 11.5. The summed E-state index contributed by atoms with van der Waals surface area (Å²) in [6, 6.07) is 12.1. The van der Waals surface area contributed by atoms with Gasteiger partial charge in [-0.25, -0.2) is 0 Å². The third-order valence-corrected chi connectivity index (χ3v) is 4.08. The Morgan fingerprint density at radius 2 is 1.70 bits per heavy atom. The smallest absolute Gasteiger partial charge is 0.183 e. The molecular formula is C17H18IN3O2. The summed E-state index contributed by atoms with van der Waals surface area (Å²) in [5.74, 6) is 0.828. The van der Waals surface area contributed by atoms with Crippen molar-refractivity contribution in [3.63, 3.8) is 0 Å². The van der Waals surface area contributed by atoms with Crippen LogP contribution in [-0.4, -0.2) is 27.8 Å². The minimum Gasteiger partial charge on any atom is -0.349 e. The van der Waals surface area contributed by atoms with Gasteiger partial charge >= 0.3 is 0 Å². The molecule has 6 heteroatoms. The highest BCUT2D eigenvalue weighted by Crippen LogP contribution is 2.24. The van der Waals surface area contributed by atoms with Crippen LogP contribution in [0.3, 0.4) is 0 Å². The molecular weight excluding hydrogens is 405 g/mol. The van der Waals surface area contributed by atoms with Gasteiger partial charge < -0.3 is 9.47 Å². The van der Waals surface area contributed by atoms with Crippen LogP contribution >= 0.6 is 22.6 Å². The molecule has 3 aromatic rings. The molecule has 0 amide bonds. The monoisotopic (exact) mass is 423 g/mol. The lowest BCUT2D eigenvalue weighted by atomic mass is 10.1. The van der Waals surface area contributed by atoms with E-state index in [1.807, 2.05) is 60.8 Å². The molecule has 120 valence electrons. The van der Waals surface area contributed by atoms with Crippen molar-refractivity contribution >= 4 is 28.2 Å². The number of hydrogen-bond acceptors (Lipinski definition) is 4. The molecule has 0 spiro atoms. The fourth-order valence-electron chi connectivity index (χ4n) is 2.39. The highest BCUT2D eigenvalue weighted by molar-refractivity contribution is 14.1. The molecule has 0 aliphatic rings. The first-order valence-corrected chi connectivity index (χ1v) is 8.64. The first-order chi connectivity index (χ1) is 11.2. The molecule has 0 N–H and O–H groups in total. The van der Waals surface area contributed by atoms with E-state index < -0.39 is 0 Å². The maximum Gasteiger partial charge on any atom is 0.183 e. The van der Waals surface area contributed by atoms with Crippen LogP contribution in [0.2, 0.25) is 0 Å². The SMILES string of the molecule is CCOC(OCC)c1ccc(-c2nnc3ccc(I)cn23)cc1. The molecule has 5 nitrogen and oxygen atoms in total. The number of nitrogens with zero attached hydrogens (tertiary/aromatic N) is 3. The van der Waals surface area contributed by atoms with Crippen LogP contribution in [0.1, 0.15) is 25.7 Å². The number of pyridine rings is 1. The summed E-state index contributed by atoms with van der Waals surface area (Å²) in [6.45, 7) is 5.15. The molecule has 23 heavy (non-hydrogen) atoms. The van der Waals surface area contributed by atoms with Gasteiger partial charge in [0.25, 0.3) is 0 Å². The zero-order valence-electron chi connectivity index (χ0n) is 13.1. The van der Waals surface area contributed by atoms with Crippen molar-refractivity contribution in [2.45, 2.75) is 20.1 Å². The van der Waals surface area contributed by atoms with E-state index in [1.54, 1.807) is 0 Å². The molecule has 1 aromatic carbocycles. The maximum atomic E-state index is 5.63. The second-order valence-corrected chi connectivity index (χ2v) is 6.21. The molecule has 0 aliphatic carbocycles. The van der Waals surface area contributed by atoms with Gasteiger partial charge in [0.05, 0.1) is 0 Å². The predicted molar refractivity (Wildman–Crippen MR) is 97.1 cm³/mol.